The van der Waals surface area contributed by atoms with E-state index in [-0.39, 0.29) is 5.91 Å². The Hall–Kier alpha value is -0.390. The molecule has 0 atom stereocenters. The second-order valence-corrected chi connectivity index (χ2v) is 5.69. The van der Waals surface area contributed by atoms with Gasteiger partial charge in [0.2, 0.25) is 0 Å². The molecule has 0 N–H and O–H groups in total. The van der Waals surface area contributed by atoms with Gasteiger partial charge in [0.1, 0.15) is 0 Å². The molecule has 2 rings (SSSR count). The summed E-state index contributed by atoms with van der Waals surface area (Å²) in [6.07, 6.45) is 0.928. The quantitative estimate of drug-likeness (QED) is 0.794. The summed E-state index contributed by atoms with van der Waals surface area (Å²) in [5, 5.41) is 1.89. The number of amides is 1. The summed E-state index contributed by atoms with van der Waals surface area (Å²) in [5.74, 6) is 0.113. The van der Waals surface area contributed by atoms with E-state index in [0.29, 0.717) is 13.2 Å². The van der Waals surface area contributed by atoms with E-state index in [9.17, 15) is 4.79 Å². The van der Waals surface area contributed by atoms with Crippen molar-refractivity contribution in [3.8, 4) is 0 Å². The third-order valence-electron chi connectivity index (χ3n) is 2.32. The summed E-state index contributed by atoms with van der Waals surface area (Å²) in [7, 11) is 0. The molecule has 0 saturated carbocycles. The average molecular weight is 290 g/mol. The van der Waals surface area contributed by atoms with Crippen LogP contribution in [0.3, 0.4) is 0 Å². The van der Waals surface area contributed by atoms with Crippen molar-refractivity contribution in [2.75, 3.05) is 26.3 Å². The summed E-state index contributed by atoms with van der Waals surface area (Å²) < 4.78 is 6.31. The van der Waals surface area contributed by atoms with Crippen molar-refractivity contribution in [2.24, 2.45) is 0 Å². The molecule has 1 fully saturated rings. The minimum atomic E-state index is 0.113. The minimum Gasteiger partial charge on any atom is -0.380 e. The maximum atomic E-state index is 12.0. The van der Waals surface area contributed by atoms with E-state index in [4.69, 9.17) is 4.74 Å². The number of carbonyl (C=O) groups is 1. The Kier molecular flexibility index (Phi) is 3.77. The van der Waals surface area contributed by atoms with Crippen LogP contribution < -0.4 is 0 Å². The number of hydrogen-bond acceptors (Lipinski definition) is 3. The van der Waals surface area contributed by atoms with Gasteiger partial charge in [0.25, 0.3) is 5.91 Å². The van der Waals surface area contributed by atoms with Gasteiger partial charge in [-0.15, -0.1) is 11.3 Å². The first-order chi connectivity index (χ1) is 7.27. The van der Waals surface area contributed by atoms with E-state index in [2.05, 4.69) is 15.9 Å². The Labute approximate surface area is 101 Å². The highest BCUT2D eigenvalue weighted by Crippen LogP contribution is 2.22. The van der Waals surface area contributed by atoms with Crippen LogP contribution in [0.5, 0.6) is 0 Å². The summed E-state index contributed by atoms with van der Waals surface area (Å²) in [5.41, 5.74) is 0.772. The molecule has 1 aliphatic rings. The molecule has 0 aliphatic carbocycles. The molecule has 0 unspecified atom stereocenters. The second-order valence-electron chi connectivity index (χ2n) is 3.40. The largest absolute Gasteiger partial charge is 0.380 e. The van der Waals surface area contributed by atoms with Crippen LogP contribution in [0.25, 0.3) is 0 Å². The lowest BCUT2D eigenvalue weighted by atomic mass is 10.3. The molecule has 0 aromatic carbocycles. The highest BCUT2D eigenvalue weighted by atomic mass is 79.9. The molecular formula is C10H12BrNO2S. The molecule has 0 spiro atoms. The molecule has 5 heteroatoms. The Bertz CT molecular complexity index is 345. The Morgan fingerprint density at radius 1 is 1.47 bits per heavy atom. The van der Waals surface area contributed by atoms with E-state index in [1.165, 1.54) is 11.3 Å². The van der Waals surface area contributed by atoms with E-state index in [1.807, 2.05) is 16.3 Å². The van der Waals surface area contributed by atoms with Gasteiger partial charge in [-0.25, -0.2) is 0 Å². The number of thiophene rings is 1. The standard InChI is InChI=1S/C10H12BrNO2S/c11-9-6-8(7-15-9)10(13)12-2-1-4-14-5-3-12/h6-7H,1-5H2. The van der Waals surface area contributed by atoms with Crippen molar-refractivity contribution in [1.82, 2.24) is 4.90 Å². The molecule has 1 saturated heterocycles. The van der Waals surface area contributed by atoms with Crippen molar-refractivity contribution in [1.29, 1.82) is 0 Å². The SMILES string of the molecule is O=C(c1csc(Br)c1)N1CCCOCC1. The van der Waals surface area contributed by atoms with E-state index < -0.39 is 0 Å². The number of nitrogens with zero attached hydrogens (tertiary/aromatic N) is 1. The van der Waals surface area contributed by atoms with Crippen LogP contribution in [0.2, 0.25) is 0 Å². The lowest BCUT2D eigenvalue weighted by Gasteiger charge is -2.18. The summed E-state index contributed by atoms with van der Waals surface area (Å²) in [4.78, 5) is 13.9. The van der Waals surface area contributed by atoms with Crippen molar-refractivity contribution in [3.63, 3.8) is 0 Å². The maximum Gasteiger partial charge on any atom is 0.254 e. The molecule has 15 heavy (non-hydrogen) atoms. The van der Waals surface area contributed by atoms with Crippen molar-refractivity contribution < 1.29 is 9.53 Å². The van der Waals surface area contributed by atoms with Crippen LogP contribution in [0, 0.1) is 0 Å². The maximum absolute atomic E-state index is 12.0. The van der Waals surface area contributed by atoms with Gasteiger partial charge in [0.15, 0.2) is 0 Å². The zero-order chi connectivity index (χ0) is 10.7. The topological polar surface area (TPSA) is 29.5 Å². The molecule has 1 aromatic rings. The Morgan fingerprint density at radius 2 is 2.33 bits per heavy atom. The van der Waals surface area contributed by atoms with Crippen LogP contribution in [0.1, 0.15) is 16.8 Å². The number of ether oxygens (including phenoxy) is 1. The van der Waals surface area contributed by atoms with E-state index >= 15 is 0 Å². The van der Waals surface area contributed by atoms with Crippen LogP contribution in [0.15, 0.2) is 15.2 Å². The third-order valence-corrected chi connectivity index (χ3v) is 3.83. The Morgan fingerprint density at radius 3 is 3.07 bits per heavy atom. The summed E-state index contributed by atoms with van der Waals surface area (Å²) in [6.45, 7) is 2.91. The lowest BCUT2D eigenvalue weighted by Crippen LogP contribution is -2.32. The zero-order valence-corrected chi connectivity index (χ0v) is 10.6. The fraction of sp³-hybridized carbons (Fsp3) is 0.500. The van der Waals surface area contributed by atoms with Gasteiger partial charge in [-0.1, -0.05) is 0 Å². The smallest absolute Gasteiger partial charge is 0.254 e. The number of carbonyl (C=O) groups excluding carboxylic acids is 1. The number of rotatable bonds is 1. The monoisotopic (exact) mass is 289 g/mol. The first-order valence-electron chi connectivity index (χ1n) is 4.88. The molecular weight excluding hydrogens is 278 g/mol. The zero-order valence-electron chi connectivity index (χ0n) is 8.24. The number of hydrogen-bond donors (Lipinski definition) is 0. The highest BCUT2D eigenvalue weighted by Gasteiger charge is 2.18. The molecule has 0 radical (unpaired) electrons. The predicted octanol–water partition coefficient (Wildman–Crippen LogP) is 2.37. The van der Waals surface area contributed by atoms with Crippen LogP contribution in [-0.2, 0) is 4.74 Å². The van der Waals surface area contributed by atoms with Gasteiger partial charge >= 0.3 is 0 Å². The predicted molar refractivity (Wildman–Crippen MR) is 63.4 cm³/mol. The first-order valence-corrected chi connectivity index (χ1v) is 6.56. The van der Waals surface area contributed by atoms with Crippen molar-refractivity contribution >= 4 is 33.2 Å². The Balaban J connectivity index is 2.06. The van der Waals surface area contributed by atoms with Crippen LogP contribution in [0.4, 0.5) is 0 Å². The molecule has 2 heterocycles. The fourth-order valence-electron chi connectivity index (χ4n) is 1.55. The molecule has 82 valence electrons. The second kappa shape index (κ2) is 5.09. The van der Waals surface area contributed by atoms with Crippen molar-refractivity contribution in [3.05, 3.63) is 20.8 Å². The normalized spacial score (nSPS) is 17.5. The first kappa shape index (κ1) is 11.1. The summed E-state index contributed by atoms with van der Waals surface area (Å²) in [6, 6.07) is 1.87. The van der Waals surface area contributed by atoms with Gasteiger partial charge in [-0.05, 0) is 28.4 Å². The van der Waals surface area contributed by atoms with Gasteiger partial charge in [0, 0.05) is 25.1 Å². The van der Waals surface area contributed by atoms with Gasteiger partial charge < -0.3 is 9.64 Å². The highest BCUT2D eigenvalue weighted by molar-refractivity contribution is 9.11. The number of halogens is 1. The van der Waals surface area contributed by atoms with Gasteiger partial charge in [0.05, 0.1) is 16.0 Å². The molecule has 1 aliphatic heterocycles. The van der Waals surface area contributed by atoms with E-state index in [0.717, 1.165) is 28.9 Å². The van der Waals surface area contributed by atoms with Crippen LogP contribution in [-0.4, -0.2) is 37.1 Å². The minimum absolute atomic E-state index is 0.113. The molecule has 3 nitrogen and oxygen atoms in total. The van der Waals surface area contributed by atoms with Crippen LogP contribution >= 0.6 is 27.3 Å². The van der Waals surface area contributed by atoms with Crippen molar-refractivity contribution in [2.45, 2.75) is 6.42 Å². The average Bonchev–Trinajstić information content (AvgIpc) is 2.53. The van der Waals surface area contributed by atoms with Gasteiger partial charge in [-0.2, -0.15) is 0 Å². The van der Waals surface area contributed by atoms with E-state index in [1.54, 1.807) is 0 Å². The molecule has 1 amide bonds. The lowest BCUT2D eigenvalue weighted by molar-refractivity contribution is 0.0742. The molecule has 0 bridgehead atoms. The summed E-state index contributed by atoms with van der Waals surface area (Å²) >= 11 is 4.90. The fourth-order valence-corrected chi connectivity index (χ4v) is 2.68. The molecule has 1 aromatic heterocycles. The third kappa shape index (κ3) is 2.80. The van der Waals surface area contributed by atoms with Gasteiger partial charge in [-0.3, -0.25) is 4.79 Å².